The Hall–Kier alpha value is -2.12. The Bertz CT molecular complexity index is 1060. The molecule has 1 aromatic heterocycles. The van der Waals surface area contributed by atoms with E-state index in [4.69, 9.17) is 16.1 Å². The summed E-state index contributed by atoms with van der Waals surface area (Å²) in [5.74, 6) is 1.40. The van der Waals surface area contributed by atoms with Gasteiger partial charge in [-0.15, -0.1) is 0 Å². The minimum Gasteiger partial charge on any atom is -0.354 e. The van der Waals surface area contributed by atoms with Gasteiger partial charge in [0.05, 0.1) is 5.39 Å². The summed E-state index contributed by atoms with van der Waals surface area (Å²) >= 11 is 6.08. The number of amides is 2. The number of anilines is 1. The largest absolute Gasteiger partial charge is 0.354 e. The molecule has 7 nitrogen and oxygen atoms in total. The predicted octanol–water partition coefficient (Wildman–Crippen LogP) is 4.09. The van der Waals surface area contributed by atoms with E-state index >= 15 is 0 Å². The van der Waals surface area contributed by atoms with E-state index in [0.29, 0.717) is 36.4 Å². The second kappa shape index (κ2) is 8.27. The zero-order chi connectivity index (χ0) is 22.6. The average molecular weight is 471 g/mol. The second-order valence-corrected chi connectivity index (χ2v) is 11.1. The van der Waals surface area contributed by atoms with Gasteiger partial charge in [0, 0.05) is 62.7 Å². The predicted molar refractivity (Wildman–Crippen MR) is 126 cm³/mol. The maximum Gasteiger partial charge on any atom is 0.229 e. The highest BCUT2D eigenvalue weighted by Crippen LogP contribution is 2.47. The molecule has 4 aliphatic rings. The number of hydrogen-bond donors (Lipinski definition) is 0. The quantitative estimate of drug-likeness (QED) is 0.629. The molecule has 1 aliphatic carbocycles. The van der Waals surface area contributed by atoms with Gasteiger partial charge in [0.1, 0.15) is 0 Å². The van der Waals surface area contributed by atoms with E-state index in [9.17, 15) is 9.59 Å². The van der Waals surface area contributed by atoms with Gasteiger partial charge < -0.3 is 9.42 Å². The number of aromatic nitrogens is 1. The molecule has 4 fully saturated rings. The standard InChI is InChI=1S/C25H31ClN4O3/c26-18-4-6-20-21(11-18)33-27-24(20)29-10-9-28-14-17(3-5-19(28)16-29)15-30-22(31)12-25(13-23(30)32)7-1-2-8-25/h4,6,11,17,19H,1-3,5,7-10,12-16H2/t17-,19+/m0/s1. The van der Waals surface area contributed by atoms with Crippen LogP contribution in [-0.2, 0) is 9.59 Å². The molecule has 0 N–H and O–H groups in total. The molecule has 2 amide bonds. The van der Waals surface area contributed by atoms with E-state index in [-0.39, 0.29) is 17.2 Å². The SMILES string of the molecule is O=C1CC2(CCCC2)CC(=O)N1C[C@H]1CC[C@@H]2CN(c3noc4cc(Cl)ccc34)CCN2C1. The van der Waals surface area contributed by atoms with Gasteiger partial charge in [0.2, 0.25) is 11.8 Å². The fourth-order valence-corrected chi connectivity index (χ4v) is 6.86. The summed E-state index contributed by atoms with van der Waals surface area (Å²) in [5.41, 5.74) is 0.703. The second-order valence-electron chi connectivity index (χ2n) is 10.6. The summed E-state index contributed by atoms with van der Waals surface area (Å²) in [4.78, 5) is 32.2. The number of piperazine rings is 1. The van der Waals surface area contributed by atoms with E-state index in [1.807, 2.05) is 18.2 Å². The first-order valence-electron chi connectivity index (χ1n) is 12.4. The van der Waals surface area contributed by atoms with Crippen LogP contribution in [-0.4, -0.2) is 65.5 Å². The van der Waals surface area contributed by atoms with E-state index in [1.165, 1.54) is 0 Å². The van der Waals surface area contributed by atoms with Crippen LogP contribution in [0.3, 0.4) is 0 Å². The Morgan fingerprint density at radius 2 is 1.85 bits per heavy atom. The van der Waals surface area contributed by atoms with Gasteiger partial charge >= 0.3 is 0 Å². The van der Waals surface area contributed by atoms with Gasteiger partial charge in [-0.25, -0.2) is 0 Å². The van der Waals surface area contributed by atoms with Crippen molar-refractivity contribution in [3.05, 3.63) is 23.2 Å². The van der Waals surface area contributed by atoms with Crippen molar-refractivity contribution in [2.45, 2.75) is 57.4 Å². The average Bonchev–Trinajstić information content (AvgIpc) is 3.42. The van der Waals surface area contributed by atoms with Crippen molar-refractivity contribution in [3.8, 4) is 0 Å². The number of fused-ring (bicyclic) bond motifs is 2. The lowest BCUT2D eigenvalue weighted by Crippen LogP contribution is -2.58. The molecule has 6 rings (SSSR count). The molecule has 2 atom stereocenters. The van der Waals surface area contributed by atoms with Crippen LogP contribution in [0, 0.1) is 11.3 Å². The lowest BCUT2D eigenvalue weighted by atomic mass is 9.76. The topological polar surface area (TPSA) is 69.9 Å². The Kier molecular flexibility index (Phi) is 5.37. The van der Waals surface area contributed by atoms with E-state index in [1.54, 1.807) is 4.90 Å². The van der Waals surface area contributed by atoms with Gasteiger partial charge in [0.25, 0.3) is 0 Å². The molecule has 1 spiro atoms. The van der Waals surface area contributed by atoms with Crippen LogP contribution in [0.5, 0.6) is 0 Å². The van der Waals surface area contributed by atoms with Crippen molar-refractivity contribution in [2.24, 2.45) is 11.3 Å². The normalized spacial score (nSPS) is 28.2. The molecule has 0 bridgehead atoms. The zero-order valence-corrected chi connectivity index (χ0v) is 19.7. The lowest BCUT2D eigenvalue weighted by Gasteiger charge is -2.47. The number of imide groups is 1. The Labute approximate surface area is 199 Å². The lowest BCUT2D eigenvalue weighted by molar-refractivity contribution is -0.154. The third-order valence-corrected chi connectivity index (χ3v) is 8.71. The maximum atomic E-state index is 12.9. The smallest absolute Gasteiger partial charge is 0.229 e. The number of likely N-dealkylation sites (tertiary alicyclic amines) is 1. The molecule has 0 radical (unpaired) electrons. The van der Waals surface area contributed by atoms with Crippen molar-refractivity contribution >= 4 is 40.2 Å². The molecule has 8 heteroatoms. The number of piperidine rings is 2. The number of halogens is 1. The number of hydrogen-bond acceptors (Lipinski definition) is 6. The minimum atomic E-state index is -0.0186. The molecule has 1 aromatic carbocycles. The van der Waals surface area contributed by atoms with Crippen LogP contribution in [0.4, 0.5) is 5.82 Å². The van der Waals surface area contributed by atoms with Crippen LogP contribution in [0.15, 0.2) is 22.7 Å². The number of rotatable bonds is 3. The summed E-state index contributed by atoms with van der Waals surface area (Å²) in [6.45, 7) is 4.30. The van der Waals surface area contributed by atoms with Crippen molar-refractivity contribution in [1.29, 1.82) is 0 Å². The molecule has 176 valence electrons. The molecule has 2 aromatic rings. The fraction of sp³-hybridized carbons (Fsp3) is 0.640. The Balaban J connectivity index is 1.08. The van der Waals surface area contributed by atoms with Crippen LogP contribution in [0.2, 0.25) is 5.02 Å². The van der Waals surface area contributed by atoms with E-state index in [0.717, 1.165) is 81.5 Å². The van der Waals surface area contributed by atoms with Crippen LogP contribution in [0.1, 0.15) is 51.4 Å². The third-order valence-electron chi connectivity index (χ3n) is 8.48. The highest BCUT2D eigenvalue weighted by atomic mass is 35.5. The van der Waals surface area contributed by atoms with Crippen molar-refractivity contribution < 1.29 is 14.1 Å². The van der Waals surface area contributed by atoms with Crippen molar-refractivity contribution in [2.75, 3.05) is 37.6 Å². The molecule has 33 heavy (non-hydrogen) atoms. The monoisotopic (exact) mass is 470 g/mol. The zero-order valence-electron chi connectivity index (χ0n) is 19.0. The fourth-order valence-electron chi connectivity index (χ4n) is 6.70. The van der Waals surface area contributed by atoms with Crippen molar-refractivity contribution in [3.63, 3.8) is 0 Å². The van der Waals surface area contributed by atoms with Crippen molar-refractivity contribution in [1.82, 2.24) is 15.0 Å². The number of carbonyl (C=O) groups is 2. The summed E-state index contributed by atoms with van der Waals surface area (Å²) in [7, 11) is 0. The molecule has 0 unspecified atom stereocenters. The molecule has 1 saturated carbocycles. The summed E-state index contributed by atoms with van der Waals surface area (Å²) in [6, 6.07) is 6.13. The third kappa shape index (κ3) is 3.93. The van der Waals surface area contributed by atoms with E-state index in [2.05, 4.69) is 15.0 Å². The number of benzene rings is 1. The molecular formula is C25H31ClN4O3. The van der Waals surface area contributed by atoms with Crippen LogP contribution in [0.25, 0.3) is 11.0 Å². The van der Waals surface area contributed by atoms with Gasteiger partial charge in [-0.05, 0) is 49.1 Å². The van der Waals surface area contributed by atoms with Gasteiger partial charge in [0.15, 0.2) is 11.4 Å². The molecule has 4 heterocycles. The van der Waals surface area contributed by atoms with Gasteiger partial charge in [-0.2, -0.15) is 0 Å². The van der Waals surface area contributed by atoms with Crippen LogP contribution < -0.4 is 4.90 Å². The highest BCUT2D eigenvalue weighted by molar-refractivity contribution is 6.31. The number of carbonyl (C=O) groups excluding carboxylic acids is 2. The van der Waals surface area contributed by atoms with E-state index < -0.39 is 0 Å². The Morgan fingerprint density at radius 3 is 2.64 bits per heavy atom. The molecular weight excluding hydrogens is 440 g/mol. The first-order valence-corrected chi connectivity index (χ1v) is 12.7. The van der Waals surface area contributed by atoms with Gasteiger partial charge in [-0.1, -0.05) is 29.6 Å². The summed E-state index contributed by atoms with van der Waals surface area (Å²) in [6.07, 6.45) is 7.68. The molecule has 3 saturated heterocycles. The summed E-state index contributed by atoms with van der Waals surface area (Å²) < 4.78 is 5.52. The summed E-state index contributed by atoms with van der Waals surface area (Å²) in [5, 5.41) is 5.98. The minimum absolute atomic E-state index is 0.0186. The van der Waals surface area contributed by atoms with Crippen LogP contribution >= 0.6 is 11.6 Å². The highest BCUT2D eigenvalue weighted by Gasteiger charge is 2.46. The first-order chi connectivity index (χ1) is 16.0. The first kappa shape index (κ1) is 21.4. The molecule has 3 aliphatic heterocycles. The number of nitrogens with zero attached hydrogens (tertiary/aromatic N) is 4. The van der Waals surface area contributed by atoms with Gasteiger partial charge in [-0.3, -0.25) is 19.4 Å². The Morgan fingerprint density at radius 1 is 1.06 bits per heavy atom. The maximum absolute atomic E-state index is 12.9.